The van der Waals surface area contributed by atoms with Crippen LogP contribution >= 0.6 is 0 Å². The molecule has 2 amide bonds. The summed E-state index contributed by atoms with van der Waals surface area (Å²) in [5, 5.41) is 8.42. The fraction of sp³-hybridized carbons (Fsp3) is 0.105. The van der Waals surface area contributed by atoms with Crippen molar-refractivity contribution in [1.29, 1.82) is 0 Å². The van der Waals surface area contributed by atoms with Gasteiger partial charge in [-0.3, -0.25) is 0 Å². The standard InChI is InChI=1S/C19H18FN5O2/c20-14-5-3-6-15(13-14)27-17-8-2-1-7-16(17)25-19(26)24-12-11-23-18-21-9-4-10-22-18/h1-10,13H,11-12H2,(H,21,22,23)(H2,24,25,26). The van der Waals surface area contributed by atoms with Gasteiger partial charge in [0.25, 0.3) is 0 Å². The van der Waals surface area contributed by atoms with Crippen LogP contribution in [0.1, 0.15) is 0 Å². The van der Waals surface area contributed by atoms with Crippen molar-refractivity contribution in [3.8, 4) is 11.5 Å². The van der Waals surface area contributed by atoms with E-state index in [9.17, 15) is 9.18 Å². The van der Waals surface area contributed by atoms with Crippen LogP contribution in [0, 0.1) is 5.82 Å². The molecule has 1 aromatic heterocycles. The number of rotatable bonds is 7. The Balaban J connectivity index is 1.52. The lowest BCUT2D eigenvalue weighted by Gasteiger charge is -2.13. The molecule has 3 N–H and O–H groups in total. The lowest BCUT2D eigenvalue weighted by molar-refractivity contribution is 0.252. The first-order chi connectivity index (χ1) is 13.2. The van der Waals surface area contributed by atoms with Crippen LogP contribution in [0.3, 0.4) is 0 Å². The number of urea groups is 1. The third-order valence-corrected chi connectivity index (χ3v) is 3.42. The summed E-state index contributed by atoms with van der Waals surface area (Å²) in [6.45, 7) is 0.843. The number of aromatic nitrogens is 2. The first-order valence-corrected chi connectivity index (χ1v) is 8.29. The van der Waals surface area contributed by atoms with Crippen molar-refractivity contribution in [3.63, 3.8) is 0 Å². The summed E-state index contributed by atoms with van der Waals surface area (Å²) in [5.41, 5.74) is 0.471. The van der Waals surface area contributed by atoms with Crippen molar-refractivity contribution in [2.24, 2.45) is 0 Å². The zero-order valence-corrected chi connectivity index (χ0v) is 14.4. The molecule has 3 aromatic rings. The highest BCUT2D eigenvalue weighted by molar-refractivity contribution is 5.90. The summed E-state index contributed by atoms with van der Waals surface area (Å²) >= 11 is 0. The maximum Gasteiger partial charge on any atom is 0.319 e. The number of nitrogens with zero attached hydrogens (tertiary/aromatic N) is 2. The molecule has 27 heavy (non-hydrogen) atoms. The maximum atomic E-state index is 13.3. The number of benzene rings is 2. The van der Waals surface area contributed by atoms with Crippen molar-refractivity contribution in [3.05, 3.63) is 72.8 Å². The molecule has 138 valence electrons. The SMILES string of the molecule is O=C(NCCNc1ncccn1)Nc1ccccc1Oc1cccc(F)c1. The Morgan fingerprint density at radius 2 is 1.81 bits per heavy atom. The molecular formula is C19H18FN5O2. The van der Waals surface area contributed by atoms with Crippen LogP contribution in [0.15, 0.2) is 67.0 Å². The molecule has 1 heterocycles. The molecule has 0 aliphatic heterocycles. The van der Waals surface area contributed by atoms with Crippen LogP contribution < -0.4 is 20.7 Å². The Kier molecular flexibility index (Phi) is 6.13. The molecule has 0 aliphatic carbocycles. The maximum absolute atomic E-state index is 13.3. The van der Waals surface area contributed by atoms with Gasteiger partial charge in [-0.2, -0.15) is 0 Å². The molecule has 0 unspecified atom stereocenters. The predicted molar refractivity (Wildman–Crippen MR) is 100 cm³/mol. The number of anilines is 2. The number of amides is 2. The number of carbonyl (C=O) groups is 1. The molecule has 0 bridgehead atoms. The summed E-state index contributed by atoms with van der Waals surface area (Å²) in [6.07, 6.45) is 3.26. The number of halogens is 1. The number of para-hydroxylation sites is 2. The van der Waals surface area contributed by atoms with Crippen LogP contribution in [0.25, 0.3) is 0 Å². The average Bonchev–Trinajstić information content (AvgIpc) is 2.68. The quantitative estimate of drug-likeness (QED) is 0.555. The van der Waals surface area contributed by atoms with Crippen LogP contribution in [0.5, 0.6) is 11.5 Å². The third-order valence-electron chi connectivity index (χ3n) is 3.42. The van der Waals surface area contributed by atoms with Gasteiger partial charge in [-0.1, -0.05) is 18.2 Å². The van der Waals surface area contributed by atoms with E-state index in [1.165, 1.54) is 12.1 Å². The van der Waals surface area contributed by atoms with Crippen molar-refractivity contribution in [2.45, 2.75) is 0 Å². The zero-order valence-electron chi connectivity index (χ0n) is 14.4. The van der Waals surface area contributed by atoms with Crippen LogP contribution in [0.2, 0.25) is 0 Å². The van der Waals surface area contributed by atoms with E-state index in [0.29, 0.717) is 36.2 Å². The number of nitrogens with one attached hydrogen (secondary N) is 3. The van der Waals surface area contributed by atoms with E-state index in [1.807, 2.05) is 0 Å². The number of carbonyl (C=O) groups excluding carboxylic acids is 1. The van der Waals surface area contributed by atoms with E-state index in [4.69, 9.17) is 4.74 Å². The number of hydrogen-bond acceptors (Lipinski definition) is 5. The first kappa shape index (κ1) is 18.1. The molecule has 0 aliphatic rings. The Morgan fingerprint density at radius 1 is 1.00 bits per heavy atom. The average molecular weight is 367 g/mol. The van der Waals surface area contributed by atoms with Crippen molar-refractivity contribution >= 4 is 17.7 Å². The molecule has 0 saturated carbocycles. The largest absolute Gasteiger partial charge is 0.455 e. The monoisotopic (exact) mass is 367 g/mol. The Labute approximate surface area is 155 Å². The predicted octanol–water partition coefficient (Wildman–Crippen LogP) is 3.64. The highest BCUT2D eigenvalue weighted by Gasteiger charge is 2.08. The van der Waals surface area contributed by atoms with Gasteiger partial charge in [-0.25, -0.2) is 19.2 Å². The van der Waals surface area contributed by atoms with Crippen LogP contribution in [-0.4, -0.2) is 29.1 Å². The van der Waals surface area contributed by atoms with Gasteiger partial charge in [0.1, 0.15) is 11.6 Å². The molecule has 0 spiro atoms. The van der Waals surface area contributed by atoms with Crippen molar-refractivity contribution < 1.29 is 13.9 Å². The molecular weight excluding hydrogens is 349 g/mol. The van der Waals surface area contributed by atoms with Gasteiger partial charge in [-0.15, -0.1) is 0 Å². The molecule has 7 nitrogen and oxygen atoms in total. The van der Waals surface area contributed by atoms with Gasteiger partial charge in [0.2, 0.25) is 5.95 Å². The van der Waals surface area contributed by atoms with Gasteiger partial charge in [0.15, 0.2) is 5.75 Å². The van der Waals surface area contributed by atoms with Gasteiger partial charge in [-0.05, 0) is 30.3 Å². The Morgan fingerprint density at radius 3 is 2.63 bits per heavy atom. The highest BCUT2D eigenvalue weighted by atomic mass is 19.1. The summed E-state index contributed by atoms with van der Waals surface area (Å²) in [5.74, 6) is 0.852. The molecule has 0 radical (unpaired) electrons. The topological polar surface area (TPSA) is 88.2 Å². The lowest BCUT2D eigenvalue weighted by atomic mass is 10.3. The third kappa shape index (κ3) is 5.67. The van der Waals surface area contributed by atoms with Gasteiger partial charge in [0.05, 0.1) is 5.69 Å². The van der Waals surface area contributed by atoms with E-state index >= 15 is 0 Å². The fourth-order valence-electron chi connectivity index (χ4n) is 2.22. The minimum Gasteiger partial charge on any atom is -0.455 e. The normalized spacial score (nSPS) is 10.1. The minimum absolute atomic E-state index is 0.344. The number of hydrogen-bond donors (Lipinski definition) is 3. The van der Waals surface area contributed by atoms with E-state index in [0.717, 1.165) is 0 Å². The number of ether oxygens (including phenoxy) is 1. The molecule has 8 heteroatoms. The van der Waals surface area contributed by atoms with E-state index in [2.05, 4.69) is 25.9 Å². The Bertz CT molecular complexity index is 892. The fourth-order valence-corrected chi connectivity index (χ4v) is 2.22. The van der Waals surface area contributed by atoms with Gasteiger partial charge < -0.3 is 20.7 Å². The van der Waals surface area contributed by atoms with Gasteiger partial charge >= 0.3 is 6.03 Å². The van der Waals surface area contributed by atoms with E-state index in [1.54, 1.807) is 54.9 Å². The second kappa shape index (κ2) is 9.14. The summed E-state index contributed by atoms with van der Waals surface area (Å²) in [4.78, 5) is 20.1. The molecule has 2 aromatic carbocycles. The zero-order chi connectivity index (χ0) is 18.9. The lowest BCUT2D eigenvalue weighted by Crippen LogP contribution is -2.32. The summed E-state index contributed by atoms with van der Waals surface area (Å²) < 4.78 is 19.0. The Hall–Kier alpha value is -3.68. The second-order valence-corrected chi connectivity index (χ2v) is 5.44. The second-order valence-electron chi connectivity index (χ2n) is 5.44. The van der Waals surface area contributed by atoms with Gasteiger partial charge in [0, 0.05) is 31.5 Å². The minimum atomic E-state index is -0.398. The van der Waals surface area contributed by atoms with Crippen molar-refractivity contribution in [1.82, 2.24) is 15.3 Å². The summed E-state index contributed by atoms with van der Waals surface area (Å²) in [7, 11) is 0. The highest BCUT2D eigenvalue weighted by Crippen LogP contribution is 2.29. The smallest absolute Gasteiger partial charge is 0.319 e. The molecule has 0 saturated heterocycles. The van der Waals surface area contributed by atoms with Crippen LogP contribution in [-0.2, 0) is 0 Å². The summed E-state index contributed by atoms with van der Waals surface area (Å²) in [6, 6.07) is 14.0. The first-order valence-electron chi connectivity index (χ1n) is 8.29. The molecule has 3 rings (SSSR count). The van der Waals surface area contributed by atoms with E-state index in [-0.39, 0.29) is 6.03 Å². The van der Waals surface area contributed by atoms with Crippen molar-refractivity contribution in [2.75, 3.05) is 23.7 Å². The van der Waals surface area contributed by atoms with Crippen LogP contribution in [0.4, 0.5) is 20.8 Å². The molecule has 0 atom stereocenters. The van der Waals surface area contributed by atoms with E-state index < -0.39 is 5.82 Å². The molecule has 0 fully saturated rings.